The van der Waals surface area contributed by atoms with Crippen LogP contribution in [0.15, 0.2) is 24.3 Å². The van der Waals surface area contributed by atoms with Gasteiger partial charge in [-0.1, -0.05) is 17.7 Å². The maximum Gasteiger partial charge on any atom is 0.316 e. The first-order valence-electron chi connectivity index (χ1n) is 5.78. The zero-order valence-corrected chi connectivity index (χ0v) is 10.3. The molecule has 2 amide bonds. The average molecular weight is 263 g/mol. The van der Waals surface area contributed by atoms with Crippen LogP contribution >= 0.6 is 0 Å². The van der Waals surface area contributed by atoms with E-state index in [2.05, 4.69) is 0 Å². The van der Waals surface area contributed by atoms with Crippen molar-refractivity contribution >= 4 is 17.8 Å². The fraction of sp³-hybridized carbons (Fsp3) is 0.308. The van der Waals surface area contributed by atoms with Crippen LogP contribution in [0.25, 0.3) is 0 Å². The average Bonchev–Trinajstić information content (AvgIpc) is 2.34. The maximum absolute atomic E-state index is 11.6. The van der Waals surface area contributed by atoms with Crippen LogP contribution in [0.4, 0.5) is 0 Å². The van der Waals surface area contributed by atoms with E-state index in [0.717, 1.165) is 5.56 Å². The minimum atomic E-state index is -1.26. The Morgan fingerprint density at radius 2 is 1.89 bits per heavy atom. The summed E-state index contributed by atoms with van der Waals surface area (Å²) in [6, 6.07) is 7.01. The van der Waals surface area contributed by atoms with Crippen molar-refractivity contribution in [2.24, 2.45) is 5.92 Å². The van der Waals surface area contributed by atoms with E-state index < -0.39 is 29.8 Å². The minimum absolute atomic E-state index is 0.159. The molecule has 6 nitrogen and oxygen atoms in total. The van der Waals surface area contributed by atoms with Gasteiger partial charge in [-0.2, -0.15) is 0 Å². The number of aryl methyl sites for hydroxylation is 1. The van der Waals surface area contributed by atoms with Crippen LogP contribution in [0, 0.1) is 12.8 Å². The third-order valence-electron chi connectivity index (χ3n) is 2.90. The summed E-state index contributed by atoms with van der Waals surface area (Å²) in [5.74, 6) is -3.45. The Labute approximate surface area is 109 Å². The lowest BCUT2D eigenvalue weighted by Crippen LogP contribution is -2.53. The highest BCUT2D eigenvalue weighted by molar-refractivity contribution is 6.08. The number of hydrogen-bond donors (Lipinski definition) is 2. The van der Waals surface area contributed by atoms with Crippen LogP contribution < -0.4 is 10.1 Å². The molecule has 0 radical (unpaired) electrons. The zero-order valence-electron chi connectivity index (χ0n) is 10.3. The molecule has 0 aliphatic carbocycles. The van der Waals surface area contributed by atoms with Gasteiger partial charge in [0.25, 0.3) is 5.91 Å². The number of piperidine rings is 1. The van der Waals surface area contributed by atoms with Crippen LogP contribution in [0.5, 0.6) is 5.75 Å². The second-order valence-electron chi connectivity index (χ2n) is 4.40. The lowest BCUT2D eigenvalue weighted by molar-refractivity contribution is -0.153. The molecule has 1 heterocycles. The van der Waals surface area contributed by atoms with Gasteiger partial charge in [0.15, 0.2) is 6.10 Å². The molecule has 1 aliphatic heterocycles. The third-order valence-corrected chi connectivity index (χ3v) is 2.90. The quantitative estimate of drug-likeness (QED) is 0.611. The van der Waals surface area contributed by atoms with Gasteiger partial charge in [0.2, 0.25) is 5.91 Å². The summed E-state index contributed by atoms with van der Waals surface area (Å²) in [5, 5.41) is 10.9. The van der Waals surface area contributed by atoms with Gasteiger partial charge in [-0.15, -0.1) is 0 Å². The molecular weight excluding hydrogens is 250 g/mol. The molecule has 100 valence electrons. The van der Waals surface area contributed by atoms with Crippen LogP contribution in [-0.4, -0.2) is 29.0 Å². The molecule has 1 aliphatic rings. The van der Waals surface area contributed by atoms with Crippen molar-refractivity contribution in [3.05, 3.63) is 29.8 Å². The van der Waals surface area contributed by atoms with E-state index in [4.69, 9.17) is 9.84 Å². The molecule has 1 saturated heterocycles. The number of carbonyl (C=O) groups excluding carboxylic acids is 2. The molecule has 0 spiro atoms. The first-order valence-corrected chi connectivity index (χ1v) is 5.78. The molecule has 19 heavy (non-hydrogen) atoms. The van der Waals surface area contributed by atoms with Crippen molar-refractivity contribution in [2.45, 2.75) is 19.4 Å². The van der Waals surface area contributed by atoms with Crippen molar-refractivity contribution in [1.82, 2.24) is 5.32 Å². The number of aliphatic carboxylic acids is 1. The Bertz CT molecular complexity index is 522. The minimum Gasteiger partial charge on any atom is -0.481 e. The van der Waals surface area contributed by atoms with Gasteiger partial charge in [0.1, 0.15) is 11.7 Å². The summed E-state index contributed by atoms with van der Waals surface area (Å²) in [5.41, 5.74) is 1.04. The number of nitrogens with one attached hydrogen (secondary N) is 1. The van der Waals surface area contributed by atoms with Crippen molar-refractivity contribution in [3.63, 3.8) is 0 Å². The molecule has 2 N–H and O–H groups in total. The van der Waals surface area contributed by atoms with Gasteiger partial charge in [0, 0.05) is 6.42 Å². The molecule has 2 rings (SSSR count). The lowest BCUT2D eigenvalue weighted by Gasteiger charge is -2.25. The summed E-state index contributed by atoms with van der Waals surface area (Å²) < 4.78 is 5.42. The third kappa shape index (κ3) is 2.90. The number of ether oxygens (including phenoxy) is 1. The normalized spacial score (nSPS) is 22.8. The molecule has 0 aromatic heterocycles. The van der Waals surface area contributed by atoms with Crippen molar-refractivity contribution in [1.29, 1.82) is 0 Å². The Kier molecular flexibility index (Phi) is 3.50. The van der Waals surface area contributed by atoms with Gasteiger partial charge in [0.05, 0.1) is 0 Å². The van der Waals surface area contributed by atoms with Crippen LogP contribution in [0.3, 0.4) is 0 Å². The maximum atomic E-state index is 11.6. The number of carboxylic acids is 1. The largest absolute Gasteiger partial charge is 0.481 e. The Balaban J connectivity index is 2.10. The molecule has 1 aromatic carbocycles. The van der Waals surface area contributed by atoms with Crippen LogP contribution in [0.2, 0.25) is 0 Å². The predicted octanol–water partition coefficient (Wildman–Crippen LogP) is 0.490. The second kappa shape index (κ2) is 5.09. The van der Waals surface area contributed by atoms with Gasteiger partial charge >= 0.3 is 5.97 Å². The number of amides is 2. The van der Waals surface area contributed by atoms with E-state index in [-0.39, 0.29) is 6.42 Å². The standard InChI is InChI=1S/C13H13NO5/c1-7-2-4-8(5-3-7)19-10-6-9(13(17)18)11(15)14-12(10)16/h2-5,9-10H,6H2,1H3,(H,17,18)(H,14,15,16). The number of hydrogen-bond acceptors (Lipinski definition) is 4. The highest BCUT2D eigenvalue weighted by atomic mass is 16.5. The number of carbonyl (C=O) groups is 3. The number of benzene rings is 1. The number of rotatable bonds is 3. The summed E-state index contributed by atoms with van der Waals surface area (Å²) >= 11 is 0. The molecule has 1 fully saturated rings. The van der Waals surface area contributed by atoms with Crippen molar-refractivity contribution < 1.29 is 24.2 Å². The van der Waals surface area contributed by atoms with E-state index >= 15 is 0 Å². The van der Waals surface area contributed by atoms with E-state index in [9.17, 15) is 14.4 Å². The van der Waals surface area contributed by atoms with E-state index in [1.54, 1.807) is 12.1 Å². The molecule has 2 unspecified atom stereocenters. The zero-order chi connectivity index (χ0) is 14.0. The fourth-order valence-corrected chi connectivity index (χ4v) is 1.81. The smallest absolute Gasteiger partial charge is 0.316 e. The summed E-state index contributed by atoms with van der Waals surface area (Å²) in [6.07, 6.45) is -1.13. The summed E-state index contributed by atoms with van der Waals surface area (Å²) in [4.78, 5) is 33.8. The van der Waals surface area contributed by atoms with Gasteiger partial charge in [-0.25, -0.2) is 0 Å². The molecule has 6 heteroatoms. The van der Waals surface area contributed by atoms with E-state index in [1.165, 1.54) is 0 Å². The molecule has 0 bridgehead atoms. The summed E-state index contributed by atoms with van der Waals surface area (Å²) in [6.45, 7) is 1.91. The Hall–Kier alpha value is -2.37. The topological polar surface area (TPSA) is 92.7 Å². The lowest BCUT2D eigenvalue weighted by atomic mass is 9.96. The first-order chi connectivity index (χ1) is 8.97. The molecule has 2 atom stereocenters. The Morgan fingerprint density at radius 3 is 2.47 bits per heavy atom. The van der Waals surface area contributed by atoms with E-state index in [0.29, 0.717) is 5.75 Å². The van der Waals surface area contributed by atoms with Crippen molar-refractivity contribution in [2.75, 3.05) is 0 Å². The first kappa shape index (κ1) is 13.1. The molecule has 1 aromatic rings. The van der Waals surface area contributed by atoms with Gasteiger partial charge < -0.3 is 9.84 Å². The molecular formula is C13H13NO5. The van der Waals surface area contributed by atoms with Crippen LogP contribution in [-0.2, 0) is 14.4 Å². The summed E-state index contributed by atoms with van der Waals surface area (Å²) in [7, 11) is 0. The monoisotopic (exact) mass is 263 g/mol. The molecule has 0 saturated carbocycles. The highest BCUT2D eigenvalue weighted by Crippen LogP contribution is 2.20. The number of imide groups is 1. The van der Waals surface area contributed by atoms with Gasteiger partial charge in [-0.05, 0) is 19.1 Å². The SMILES string of the molecule is Cc1ccc(OC2CC(C(=O)O)C(=O)NC2=O)cc1. The fourth-order valence-electron chi connectivity index (χ4n) is 1.81. The van der Waals surface area contributed by atoms with Gasteiger partial charge in [-0.3, -0.25) is 19.7 Å². The van der Waals surface area contributed by atoms with E-state index in [1.807, 2.05) is 24.4 Å². The number of carboxylic acid groups (broad SMARTS) is 1. The predicted molar refractivity (Wildman–Crippen MR) is 64.5 cm³/mol. The highest BCUT2D eigenvalue weighted by Gasteiger charge is 2.40. The van der Waals surface area contributed by atoms with Crippen LogP contribution in [0.1, 0.15) is 12.0 Å². The second-order valence-corrected chi connectivity index (χ2v) is 4.40. The van der Waals surface area contributed by atoms with Crippen molar-refractivity contribution in [3.8, 4) is 5.75 Å². The Morgan fingerprint density at radius 1 is 1.26 bits per heavy atom.